The summed E-state index contributed by atoms with van der Waals surface area (Å²) in [5.74, 6) is 0.619. The molecule has 9 nitrogen and oxygen atoms in total. The van der Waals surface area contributed by atoms with E-state index in [0.717, 1.165) is 29.0 Å². The highest BCUT2D eigenvalue weighted by atomic mass is 16.6. The van der Waals surface area contributed by atoms with E-state index < -0.39 is 4.92 Å². The number of hydrogen-bond acceptors (Lipinski definition) is 7. The third-order valence-corrected chi connectivity index (χ3v) is 6.23. The Kier molecular flexibility index (Phi) is 7.19. The van der Waals surface area contributed by atoms with Crippen molar-refractivity contribution >= 4 is 33.8 Å². The number of aliphatic hydroxyl groups is 1. The van der Waals surface area contributed by atoms with Gasteiger partial charge in [0.1, 0.15) is 5.82 Å². The smallest absolute Gasteiger partial charge is 0.271 e. The molecule has 0 unspecified atom stereocenters. The summed E-state index contributed by atoms with van der Waals surface area (Å²) >= 11 is 0. The van der Waals surface area contributed by atoms with E-state index in [2.05, 4.69) is 39.3 Å². The molecule has 0 atom stereocenters. The van der Waals surface area contributed by atoms with E-state index in [1.165, 1.54) is 17.7 Å². The van der Waals surface area contributed by atoms with Crippen LogP contribution in [0, 0.1) is 10.1 Å². The molecule has 0 saturated heterocycles. The summed E-state index contributed by atoms with van der Waals surface area (Å²) in [5.41, 5.74) is 5.78. The third-order valence-electron chi connectivity index (χ3n) is 6.23. The highest BCUT2D eigenvalue weighted by Gasteiger charge is 2.15. The average Bonchev–Trinajstić information content (AvgIpc) is 3.31. The van der Waals surface area contributed by atoms with Crippen molar-refractivity contribution in [3.63, 3.8) is 0 Å². The fraction of sp³-hybridized carbons (Fsp3) is 0.138. The minimum atomic E-state index is -0.444. The Balaban J connectivity index is 1.31. The molecule has 0 aliphatic heterocycles. The van der Waals surface area contributed by atoms with Crippen LogP contribution in [0.5, 0.6) is 0 Å². The molecule has 1 N–H and O–H groups in total. The van der Waals surface area contributed by atoms with Crippen molar-refractivity contribution in [2.24, 2.45) is 10.2 Å². The van der Waals surface area contributed by atoms with E-state index in [0.29, 0.717) is 23.6 Å². The number of rotatable bonds is 9. The van der Waals surface area contributed by atoms with E-state index in [1.54, 1.807) is 6.07 Å². The van der Waals surface area contributed by atoms with Crippen LogP contribution in [0.25, 0.3) is 22.4 Å². The molecule has 1 heterocycles. The van der Waals surface area contributed by atoms with Gasteiger partial charge >= 0.3 is 0 Å². The maximum absolute atomic E-state index is 11.2. The van der Waals surface area contributed by atoms with Crippen LogP contribution >= 0.6 is 0 Å². The highest BCUT2D eigenvalue weighted by Crippen LogP contribution is 2.29. The molecule has 0 radical (unpaired) electrons. The Hall–Kier alpha value is -4.89. The number of aromatic nitrogens is 2. The lowest BCUT2D eigenvalue weighted by Gasteiger charge is -2.19. The van der Waals surface area contributed by atoms with Gasteiger partial charge in [0.15, 0.2) is 0 Å². The van der Waals surface area contributed by atoms with Crippen LogP contribution in [0.2, 0.25) is 0 Å². The van der Waals surface area contributed by atoms with Gasteiger partial charge in [-0.15, -0.1) is 0 Å². The molecule has 4 aromatic carbocycles. The largest absolute Gasteiger partial charge is 0.395 e. The minimum absolute atomic E-state index is 0.0238. The van der Waals surface area contributed by atoms with E-state index in [4.69, 9.17) is 0 Å². The molecular formula is C29H26N6O3. The molecule has 0 saturated carbocycles. The van der Waals surface area contributed by atoms with Crippen LogP contribution in [-0.4, -0.2) is 33.2 Å². The van der Waals surface area contributed by atoms with E-state index in [9.17, 15) is 15.2 Å². The minimum Gasteiger partial charge on any atom is -0.395 e. The zero-order valence-corrected chi connectivity index (χ0v) is 20.8. The van der Waals surface area contributed by atoms with E-state index >= 15 is 0 Å². The SMILES string of the molecule is CN(Cc1ccccc1)c1ccc(N=Nc2ccc(-c3nc4cc([N+](=O)[O-])ccc4n3CCO)cc2)cc1. The van der Waals surface area contributed by atoms with Gasteiger partial charge in [-0.2, -0.15) is 10.2 Å². The summed E-state index contributed by atoms with van der Waals surface area (Å²) in [6.07, 6.45) is 0. The molecule has 5 rings (SSSR count). The summed E-state index contributed by atoms with van der Waals surface area (Å²) in [5, 5.41) is 29.4. The standard InChI is InChI=1S/C29H26N6O3/c1-33(20-21-5-3-2-4-6-21)25-13-11-24(12-14-25)32-31-23-9-7-22(8-10-23)29-30-27-19-26(35(37)38)15-16-28(27)34(29)17-18-36/h2-16,19,36H,17-18,20H2,1H3. The van der Waals surface area contributed by atoms with Gasteiger partial charge in [0.2, 0.25) is 0 Å². The van der Waals surface area contributed by atoms with Crippen molar-refractivity contribution in [2.75, 3.05) is 18.6 Å². The number of nitro benzene ring substituents is 1. The van der Waals surface area contributed by atoms with Crippen LogP contribution in [0.15, 0.2) is 107 Å². The fourth-order valence-corrected chi connectivity index (χ4v) is 4.29. The van der Waals surface area contributed by atoms with Gasteiger partial charge < -0.3 is 14.6 Å². The second kappa shape index (κ2) is 11.0. The first-order chi connectivity index (χ1) is 18.5. The van der Waals surface area contributed by atoms with Gasteiger partial charge in [-0.1, -0.05) is 30.3 Å². The number of benzene rings is 4. The average molecular weight is 507 g/mol. The Labute approximate surface area is 219 Å². The molecular weight excluding hydrogens is 480 g/mol. The van der Waals surface area contributed by atoms with Gasteiger partial charge in [0.05, 0.1) is 33.9 Å². The maximum atomic E-state index is 11.2. The molecule has 0 aliphatic rings. The first-order valence-electron chi connectivity index (χ1n) is 12.1. The van der Waals surface area contributed by atoms with E-state index in [-0.39, 0.29) is 12.3 Å². The molecule has 5 aromatic rings. The maximum Gasteiger partial charge on any atom is 0.271 e. The third kappa shape index (κ3) is 5.42. The number of non-ortho nitro benzene ring substituents is 1. The number of hydrogen-bond donors (Lipinski definition) is 1. The Morgan fingerprint density at radius 2 is 1.58 bits per heavy atom. The second-order valence-corrected chi connectivity index (χ2v) is 8.85. The fourth-order valence-electron chi connectivity index (χ4n) is 4.29. The Morgan fingerprint density at radius 3 is 2.21 bits per heavy atom. The number of fused-ring (bicyclic) bond motifs is 1. The molecule has 0 aliphatic carbocycles. The molecule has 38 heavy (non-hydrogen) atoms. The monoisotopic (exact) mass is 506 g/mol. The molecule has 1 aromatic heterocycles. The van der Waals surface area contributed by atoms with Crippen molar-refractivity contribution in [3.8, 4) is 11.4 Å². The molecule has 0 spiro atoms. The highest BCUT2D eigenvalue weighted by molar-refractivity contribution is 5.83. The Morgan fingerprint density at radius 1 is 0.921 bits per heavy atom. The van der Waals surface area contributed by atoms with Gasteiger partial charge in [-0.05, 0) is 60.2 Å². The lowest BCUT2D eigenvalue weighted by atomic mass is 10.2. The topological polar surface area (TPSA) is 109 Å². The first-order valence-corrected chi connectivity index (χ1v) is 12.1. The number of anilines is 1. The number of nitrogens with zero attached hydrogens (tertiary/aromatic N) is 6. The van der Waals surface area contributed by atoms with Crippen LogP contribution in [0.4, 0.5) is 22.7 Å². The van der Waals surface area contributed by atoms with Crippen molar-refractivity contribution in [1.29, 1.82) is 0 Å². The lowest BCUT2D eigenvalue weighted by molar-refractivity contribution is -0.384. The second-order valence-electron chi connectivity index (χ2n) is 8.85. The van der Waals surface area contributed by atoms with Gasteiger partial charge in [0.25, 0.3) is 5.69 Å². The summed E-state index contributed by atoms with van der Waals surface area (Å²) in [6, 6.07) is 30.2. The van der Waals surface area contributed by atoms with Crippen molar-refractivity contribution in [3.05, 3.63) is 113 Å². The number of imidazole rings is 1. The number of azo groups is 1. The zero-order valence-electron chi connectivity index (χ0n) is 20.8. The molecule has 190 valence electrons. The quantitative estimate of drug-likeness (QED) is 0.137. The predicted molar refractivity (Wildman–Crippen MR) is 148 cm³/mol. The number of aliphatic hydroxyl groups excluding tert-OH is 1. The predicted octanol–water partition coefficient (Wildman–Crippen LogP) is 6.66. The van der Waals surface area contributed by atoms with Crippen molar-refractivity contribution in [2.45, 2.75) is 13.1 Å². The van der Waals surface area contributed by atoms with Gasteiger partial charge in [-0.3, -0.25) is 10.1 Å². The first kappa shape index (κ1) is 24.8. The normalized spacial score (nSPS) is 11.3. The lowest BCUT2D eigenvalue weighted by Crippen LogP contribution is -2.15. The summed E-state index contributed by atoms with van der Waals surface area (Å²) in [6.45, 7) is 1.06. The van der Waals surface area contributed by atoms with Crippen LogP contribution in [0.3, 0.4) is 0 Å². The Bertz CT molecular complexity index is 1580. The van der Waals surface area contributed by atoms with E-state index in [1.807, 2.05) is 71.3 Å². The van der Waals surface area contributed by atoms with Crippen LogP contribution in [-0.2, 0) is 13.1 Å². The number of nitro groups is 1. The molecule has 0 bridgehead atoms. The summed E-state index contributed by atoms with van der Waals surface area (Å²) < 4.78 is 1.85. The van der Waals surface area contributed by atoms with Gasteiger partial charge in [-0.25, -0.2) is 4.98 Å². The van der Waals surface area contributed by atoms with Gasteiger partial charge in [0, 0.05) is 43.5 Å². The molecule has 0 amide bonds. The summed E-state index contributed by atoms with van der Waals surface area (Å²) in [7, 11) is 2.06. The molecule has 0 fully saturated rings. The molecule has 9 heteroatoms. The zero-order chi connectivity index (χ0) is 26.5. The summed E-state index contributed by atoms with van der Waals surface area (Å²) in [4.78, 5) is 17.5. The van der Waals surface area contributed by atoms with Crippen LogP contribution in [0.1, 0.15) is 5.56 Å². The van der Waals surface area contributed by atoms with Crippen molar-refractivity contribution in [1.82, 2.24) is 9.55 Å². The van der Waals surface area contributed by atoms with Crippen LogP contribution < -0.4 is 4.90 Å². The van der Waals surface area contributed by atoms with Crippen molar-refractivity contribution < 1.29 is 10.0 Å².